The van der Waals surface area contributed by atoms with E-state index in [-0.39, 0.29) is 0 Å². The Kier molecular flexibility index (Phi) is 4.14. The first kappa shape index (κ1) is 6.98. The Bertz CT molecular complexity index is 66.0. The van der Waals surface area contributed by atoms with E-state index in [9.17, 15) is 9.46 Å². The summed E-state index contributed by atoms with van der Waals surface area (Å²) in [6.07, 6.45) is 0. The SMILES string of the molecule is CCON[P+](=O)[O-]. The molecule has 0 aromatic heterocycles. The number of rotatable bonds is 3. The van der Waals surface area contributed by atoms with E-state index >= 15 is 0 Å². The summed E-state index contributed by atoms with van der Waals surface area (Å²) in [5.74, 6) is 0. The van der Waals surface area contributed by atoms with Gasteiger partial charge < -0.3 is 4.89 Å². The average Bonchev–Trinajstić information content (AvgIpc) is 1.61. The Morgan fingerprint density at radius 2 is 2.57 bits per heavy atom. The minimum atomic E-state index is -2.58. The summed E-state index contributed by atoms with van der Waals surface area (Å²) < 4.78 is 9.56. The topological polar surface area (TPSA) is 61.4 Å². The van der Waals surface area contributed by atoms with Gasteiger partial charge in [0.05, 0.1) is 6.61 Å². The van der Waals surface area contributed by atoms with Gasteiger partial charge in [0.2, 0.25) is 0 Å². The highest BCUT2D eigenvalue weighted by atomic mass is 31.1. The van der Waals surface area contributed by atoms with Gasteiger partial charge in [-0.3, -0.25) is 4.84 Å². The molecule has 0 saturated carbocycles. The molecular formula is C2H6NO3P. The minimum absolute atomic E-state index is 0.351. The summed E-state index contributed by atoms with van der Waals surface area (Å²) >= 11 is 0. The summed E-state index contributed by atoms with van der Waals surface area (Å²) in [7, 11) is -2.58. The van der Waals surface area contributed by atoms with Crippen LogP contribution in [-0.2, 0) is 9.40 Å². The van der Waals surface area contributed by atoms with Gasteiger partial charge in [-0.15, -0.1) is 0 Å². The molecule has 1 N–H and O–H groups in total. The zero-order valence-electron chi connectivity index (χ0n) is 3.88. The fraction of sp³-hybridized carbons (Fsp3) is 1.00. The molecule has 0 fully saturated rings. The van der Waals surface area contributed by atoms with E-state index in [0.29, 0.717) is 6.61 Å². The molecule has 0 amide bonds. The molecule has 0 radical (unpaired) electrons. The van der Waals surface area contributed by atoms with Gasteiger partial charge in [0.15, 0.2) is 0 Å². The second kappa shape index (κ2) is 4.15. The van der Waals surface area contributed by atoms with Gasteiger partial charge in [-0.05, 0) is 6.92 Å². The van der Waals surface area contributed by atoms with Crippen LogP contribution in [0, 0.1) is 0 Å². The van der Waals surface area contributed by atoms with Crippen LogP contribution in [0.15, 0.2) is 0 Å². The largest absolute Gasteiger partial charge is 0.576 e. The van der Waals surface area contributed by atoms with Gasteiger partial charge >= 0.3 is 8.18 Å². The first-order valence-electron chi connectivity index (χ1n) is 1.79. The van der Waals surface area contributed by atoms with Crippen LogP contribution in [0.2, 0.25) is 0 Å². The third kappa shape index (κ3) is 5.98. The van der Waals surface area contributed by atoms with Crippen molar-refractivity contribution in [3.05, 3.63) is 0 Å². The van der Waals surface area contributed by atoms with Crippen LogP contribution in [0.4, 0.5) is 0 Å². The summed E-state index contributed by atoms with van der Waals surface area (Å²) in [6.45, 7) is 2.04. The van der Waals surface area contributed by atoms with E-state index < -0.39 is 8.18 Å². The number of hydrogen-bond acceptors (Lipinski definition) is 3. The lowest BCUT2D eigenvalue weighted by Crippen LogP contribution is -2.09. The maximum atomic E-state index is 9.56. The molecule has 5 heteroatoms. The fourth-order valence-electron chi connectivity index (χ4n) is 0.117. The van der Waals surface area contributed by atoms with E-state index in [1.54, 1.807) is 12.2 Å². The van der Waals surface area contributed by atoms with E-state index in [0.717, 1.165) is 0 Å². The smallest absolute Gasteiger partial charge is 0.434 e. The highest BCUT2D eigenvalue weighted by molar-refractivity contribution is 7.33. The van der Waals surface area contributed by atoms with Gasteiger partial charge in [0, 0.05) is 5.25 Å². The molecule has 0 aliphatic carbocycles. The van der Waals surface area contributed by atoms with Gasteiger partial charge in [-0.1, -0.05) is 4.57 Å². The second-order valence-corrected chi connectivity index (χ2v) is 1.48. The minimum Gasteiger partial charge on any atom is -0.576 e. The molecule has 4 nitrogen and oxygen atoms in total. The van der Waals surface area contributed by atoms with Crippen molar-refractivity contribution in [2.45, 2.75) is 6.92 Å². The van der Waals surface area contributed by atoms with Crippen LogP contribution in [0.3, 0.4) is 0 Å². The molecule has 1 unspecified atom stereocenters. The van der Waals surface area contributed by atoms with Crippen LogP contribution in [0.25, 0.3) is 0 Å². The van der Waals surface area contributed by atoms with Crippen molar-refractivity contribution >= 4 is 8.18 Å². The lowest BCUT2D eigenvalue weighted by molar-refractivity contribution is -0.176. The highest BCUT2D eigenvalue weighted by Crippen LogP contribution is 1.94. The zero-order chi connectivity index (χ0) is 5.70. The third-order valence-electron chi connectivity index (χ3n) is 0.283. The summed E-state index contributed by atoms with van der Waals surface area (Å²) in [6, 6.07) is 0. The first-order valence-corrected chi connectivity index (χ1v) is 2.97. The second-order valence-electron chi connectivity index (χ2n) is 0.781. The van der Waals surface area contributed by atoms with Crippen LogP contribution in [-0.4, -0.2) is 6.61 Å². The summed E-state index contributed by atoms with van der Waals surface area (Å²) in [5, 5.41) is 1.75. The summed E-state index contributed by atoms with van der Waals surface area (Å²) in [4.78, 5) is 13.8. The Labute approximate surface area is 42.4 Å². The molecule has 0 aliphatic heterocycles. The maximum absolute atomic E-state index is 9.56. The van der Waals surface area contributed by atoms with E-state index in [1.807, 2.05) is 0 Å². The molecule has 0 heterocycles. The molecule has 7 heavy (non-hydrogen) atoms. The van der Waals surface area contributed by atoms with Crippen molar-refractivity contribution in [3.63, 3.8) is 0 Å². The normalized spacial score (nSPS) is 11.4. The molecular weight excluding hydrogens is 117 g/mol. The molecule has 0 bridgehead atoms. The lowest BCUT2D eigenvalue weighted by atomic mass is 10.9. The zero-order valence-corrected chi connectivity index (χ0v) is 4.77. The standard InChI is InChI=1S/C2H6NO3P/c1-2-6-3-7(4)5/h2H2,1H3,(H,3,4,5). The van der Waals surface area contributed by atoms with Gasteiger partial charge in [-0.2, -0.15) is 0 Å². The first-order chi connectivity index (χ1) is 3.27. The number of nitrogens with one attached hydrogen (secondary N) is 1. The predicted molar refractivity (Wildman–Crippen MR) is 22.4 cm³/mol. The molecule has 0 aromatic rings. The average molecular weight is 123 g/mol. The molecule has 0 aromatic carbocycles. The van der Waals surface area contributed by atoms with Gasteiger partial charge in [0.1, 0.15) is 0 Å². The van der Waals surface area contributed by atoms with Crippen molar-refractivity contribution in [3.8, 4) is 0 Å². The molecule has 0 rings (SSSR count). The van der Waals surface area contributed by atoms with Crippen LogP contribution >= 0.6 is 8.18 Å². The van der Waals surface area contributed by atoms with Crippen LogP contribution in [0.1, 0.15) is 6.92 Å². The van der Waals surface area contributed by atoms with E-state index in [2.05, 4.69) is 4.84 Å². The van der Waals surface area contributed by atoms with Crippen LogP contribution in [0.5, 0.6) is 0 Å². The van der Waals surface area contributed by atoms with Gasteiger partial charge in [0.25, 0.3) is 0 Å². The van der Waals surface area contributed by atoms with Crippen molar-refractivity contribution in [2.75, 3.05) is 6.61 Å². The molecule has 0 saturated heterocycles. The third-order valence-corrected chi connectivity index (χ3v) is 0.562. The van der Waals surface area contributed by atoms with E-state index in [1.165, 1.54) is 0 Å². The highest BCUT2D eigenvalue weighted by Gasteiger charge is 1.92. The molecule has 1 atom stereocenters. The quantitative estimate of drug-likeness (QED) is 0.407. The van der Waals surface area contributed by atoms with Crippen molar-refractivity contribution < 1.29 is 14.3 Å². The van der Waals surface area contributed by atoms with Crippen molar-refractivity contribution in [1.82, 2.24) is 5.25 Å². The van der Waals surface area contributed by atoms with E-state index in [4.69, 9.17) is 0 Å². The maximum Gasteiger partial charge on any atom is 0.434 e. The Balaban J connectivity index is 2.82. The van der Waals surface area contributed by atoms with Crippen molar-refractivity contribution in [2.24, 2.45) is 0 Å². The van der Waals surface area contributed by atoms with Crippen molar-refractivity contribution in [1.29, 1.82) is 0 Å². The number of hydrogen-bond donors (Lipinski definition) is 1. The molecule has 0 aliphatic rings. The predicted octanol–water partition coefficient (Wildman–Crippen LogP) is -0.455. The van der Waals surface area contributed by atoms with Gasteiger partial charge in [-0.25, -0.2) is 0 Å². The molecule has 0 spiro atoms. The Hall–Kier alpha value is -0.0200. The summed E-state index contributed by atoms with van der Waals surface area (Å²) in [5.41, 5.74) is 0. The monoisotopic (exact) mass is 123 g/mol. The molecule has 42 valence electrons. The Morgan fingerprint density at radius 1 is 2.00 bits per heavy atom. The Morgan fingerprint density at radius 3 is 2.71 bits per heavy atom. The fourth-order valence-corrected chi connectivity index (χ4v) is 0.352. The lowest BCUT2D eigenvalue weighted by Gasteiger charge is -1.88. The van der Waals surface area contributed by atoms with Crippen LogP contribution < -0.4 is 10.1 Å².